The van der Waals surface area contributed by atoms with Gasteiger partial charge in [0.2, 0.25) is 6.29 Å². The van der Waals surface area contributed by atoms with Gasteiger partial charge < -0.3 is 9.47 Å². The molecule has 0 aromatic rings. The number of hydrogen-bond acceptors (Lipinski definition) is 3. The lowest BCUT2D eigenvalue weighted by Gasteiger charge is -2.23. The quantitative estimate of drug-likeness (QED) is 0.603. The van der Waals surface area contributed by atoms with Gasteiger partial charge in [-0.15, -0.1) is 11.8 Å². The van der Waals surface area contributed by atoms with E-state index in [-0.39, 0.29) is 6.29 Å². The van der Waals surface area contributed by atoms with Crippen LogP contribution in [0.3, 0.4) is 0 Å². The molecule has 1 aliphatic carbocycles. The van der Waals surface area contributed by atoms with Gasteiger partial charge in [0.05, 0.1) is 5.75 Å². The molecule has 1 heterocycles. The van der Waals surface area contributed by atoms with Crippen LogP contribution in [0.5, 0.6) is 0 Å². The fraction of sp³-hybridized carbons (Fsp3) is 0.750. The van der Waals surface area contributed by atoms with E-state index < -0.39 is 0 Å². The lowest BCUT2D eigenvalue weighted by molar-refractivity contribution is -0.0796. The van der Waals surface area contributed by atoms with E-state index in [0.717, 1.165) is 12.2 Å². The van der Waals surface area contributed by atoms with Gasteiger partial charge >= 0.3 is 0 Å². The monoisotopic (exact) mass is 172 g/mol. The van der Waals surface area contributed by atoms with E-state index in [0.29, 0.717) is 0 Å². The molecule has 1 atom stereocenters. The summed E-state index contributed by atoms with van der Waals surface area (Å²) in [4.78, 5) is 1.46. The lowest BCUT2D eigenvalue weighted by atomic mass is 10.4. The Balaban J connectivity index is 2.05. The second-order valence-corrected chi connectivity index (χ2v) is 3.91. The summed E-state index contributed by atoms with van der Waals surface area (Å²) >= 11 is 1.90. The summed E-state index contributed by atoms with van der Waals surface area (Å²) in [6.07, 6.45) is 3.59. The Hall–Kier alpha value is -0.150. The molecular formula is C8H12O2S. The molecule has 3 heteroatoms. The van der Waals surface area contributed by atoms with Crippen molar-refractivity contribution in [2.45, 2.75) is 25.6 Å². The van der Waals surface area contributed by atoms with Crippen LogP contribution in [0.2, 0.25) is 0 Å². The Kier molecular flexibility index (Phi) is 2.09. The third-order valence-electron chi connectivity index (χ3n) is 2.05. The van der Waals surface area contributed by atoms with Gasteiger partial charge in [-0.25, -0.2) is 0 Å². The standard InChI is InChI=1S/C8H12O2S/c1-9-8-5-11-7-4-2-3-6(7)10-8/h8H,2-5H2,1H3. The maximum Gasteiger partial charge on any atom is 0.208 e. The molecule has 0 aromatic carbocycles. The molecule has 0 aromatic heterocycles. The Bertz CT molecular complexity index is 189. The van der Waals surface area contributed by atoms with E-state index in [2.05, 4.69) is 0 Å². The largest absolute Gasteiger partial charge is 0.468 e. The molecule has 0 radical (unpaired) electrons. The molecule has 0 bridgehead atoms. The maximum atomic E-state index is 5.60. The topological polar surface area (TPSA) is 18.5 Å². The summed E-state index contributed by atoms with van der Waals surface area (Å²) in [5.74, 6) is 2.14. The number of rotatable bonds is 1. The van der Waals surface area contributed by atoms with Crippen molar-refractivity contribution in [1.29, 1.82) is 0 Å². The normalized spacial score (nSPS) is 30.1. The van der Waals surface area contributed by atoms with E-state index in [1.165, 1.54) is 23.5 Å². The average molecular weight is 172 g/mol. The average Bonchev–Trinajstić information content (AvgIpc) is 2.50. The lowest BCUT2D eigenvalue weighted by Crippen LogP contribution is -2.20. The van der Waals surface area contributed by atoms with Crippen molar-refractivity contribution in [2.24, 2.45) is 0 Å². The first kappa shape index (κ1) is 7.50. The van der Waals surface area contributed by atoms with Gasteiger partial charge in [-0.3, -0.25) is 0 Å². The maximum absolute atomic E-state index is 5.60. The fourth-order valence-electron chi connectivity index (χ4n) is 1.44. The van der Waals surface area contributed by atoms with Crippen LogP contribution >= 0.6 is 11.8 Å². The Morgan fingerprint density at radius 2 is 2.45 bits per heavy atom. The van der Waals surface area contributed by atoms with Crippen LogP contribution in [-0.2, 0) is 9.47 Å². The molecule has 11 heavy (non-hydrogen) atoms. The SMILES string of the molecule is COC1CSC2=C(CCC2)O1. The third-order valence-corrected chi connectivity index (χ3v) is 3.27. The van der Waals surface area contributed by atoms with Gasteiger partial charge in [-0.05, 0) is 12.8 Å². The van der Waals surface area contributed by atoms with Crippen LogP contribution in [0.25, 0.3) is 0 Å². The van der Waals surface area contributed by atoms with Gasteiger partial charge in [-0.1, -0.05) is 0 Å². The zero-order valence-corrected chi connectivity index (χ0v) is 7.45. The van der Waals surface area contributed by atoms with Crippen LogP contribution in [0.1, 0.15) is 19.3 Å². The molecule has 1 unspecified atom stereocenters. The number of hydrogen-bond donors (Lipinski definition) is 0. The summed E-state index contributed by atoms with van der Waals surface area (Å²) in [6, 6.07) is 0. The van der Waals surface area contributed by atoms with Crippen molar-refractivity contribution in [2.75, 3.05) is 12.9 Å². The molecule has 0 saturated carbocycles. The number of methoxy groups -OCH3 is 1. The van der Waals surface area contributed by atoms with E-state index in [1.807, 2.05) is 11.8 Å². The van der Waals surface area contributed by atoms with Crippen LogP contribution in [-0.4, -0.2) is 19.2 Å². The van der Waals surface area contributed by atoms with Crippen molar-refractivity contribution in [1.82, 2.24) is 0 Å². The highest BCUT2D eigenvalue weighted by atomic mass is 32.2. The molecule has 0 amide bonds. The zero-order valence-electron chi connectivity index (χ0n) is 6.63. The van der Waals surface area contributed by atoms with Crippen LogP contribution in [0.4, 0.5) is 0 Å². The number of ether oxygens (including phenoxy) is 2. The van der Waals surface area contributed by atoms with Crippen molar-refractivity contribution in [3.63, 3.8) is 0 Å². The first-order valence-corrected chi connectivity index (χ1v) is 4.93. The molecule has 1 aliphatic heterocycles. The van der Waals surface area contributed by atoms with Gasteiger partial charge in [0.25, 0.3) is 0 Å². The predicted octanol–water partition coefficient (Wildman–Crippen LogP) is 2.12. The first-order chi connectivity index (χ1) is 5.40. The smallest absolute Gasteiger partial charge is 0.208 e. The van der Waals surface area contributed by atoms with Gasteiger partial charge in [0.1, 0.15) is 5.76 Å². The van der Waals surface area contributed by atoms with Crippen molar-refractivity contribution in [3.8, 4) is 0 Å². The Morgan fingerprint density at radius 1 is 1.55 bits per heavy atom. The predicted molar refractivity (Wildman–Crippen MR) is 45.2 cm³/mol. The Morgan fingerprint density at radius 3 is 3.27 bits per heavy atom. The fourth-order valence-corrected chi connectivity index (χ4v) is 2.58. The summed E-state index contributed by atoms with van der Waals surface area (Å²) in [6.45, 7) is 0. The Labute approximate surface area is 70.9 Å². The second kappa shape index (κ2) is 3.07. The van der Waals surface area contributed by atoms with Crippen molar-refractivity contribution >= 4 is 11.8 Å². The van der Waals surface area contributed by atoms with Crippen LogP contribution in [0.15, 0.2) is 10.7 Å². The molecule has 0 saturated heterocycles. The molecule has 0 spiro atoms. The van der Waals surface area contributed by atoms with E-state index >= 15 is 0 Å². The highest BCUT2D eigenvalue weighted by molar-refractivity contribution is 8.03. The van der Waals surface area contributed by atoms with E-state index in [1.54, 1.807) is 7.11 Å². The highest BCUT2D eigenvalue weighted by Gasteiger charge is 2.25. The second-order valence-electron chi connectivity index (χ2n) is 2.79. The van der Waals surface area contributed by atoms with Gasteiger partial charge in [0.15, 0.2) is 0 Å². The molecule has 2 nitrogen and oxygen atoms in total. The number of thioether (sulfide) groups is 1. The summed E-state index contributed by atoms with van der Waals surface area (Å²) in [7, 11) is 1.70. The molecular weight excluding hydrogens is 160 g/mol. The van der Waals surface area contributed by atoms with E-state index in [4.69, 9.17) is 9.47 Å². The molecule has 62 valence electrons. The molecule has 2 aliphatic rings. The van der Waals surface area contributed by atoms with Crippen molar-refractivity contribution in [3.05, 3.63) is 10.7 Å². The zero-order chi connectivity index (χ0) is 7.68. The van der Waals surface area contributed by atoms with Crippen LogP contribution < -0.4 is 0 Å². The van der Waals surface area contributed by atoms with Gasteiger partial charge in [-0.2, -0.15) is 0 Å². The first-order valence-electron chi connectivity index (χ1n) is 3.94. The number of allylic oxidation sites excluding steroid dienone is 2. The third kappa shape index (κ3) is 1.40. The molecule has 0 N–H and O–H groups in total. The summed E-state index contributed by atoms with van der Waals surface area (Å²) < 4.78 is 10.7. The van der Waals surface area contributed by atoms with Crippen LogP contribution in [0, 0.1) is 0 Å². The summed E-state index contributed by atoms with van der Waals surface area (Å²) in [5, 5.41) is 0. The minimum absolute atomic E-state index is 0.00292. The summed E-state index contributed by atoms with van der Waals surface area (Å²) in [5.41, 5.74) is 0. The minimum atomic E-state index is -0.00292. The van der Waals surface area contributed by atoms with E-state index in [9.17, 15) is 0 Å². The molecule has 2 rings (SSSR count). The van der Waals surface area contributed by atoms with Crippen molar-refractivity contribution < 1.29 is 9.47 Å². The molecule has 0 fully saturated rings. The minimum Gasteiger partial charge on any atom is -0.468 e. The van der Waals surface area contributed by atoms with Gasteiger partial charge in [0, 0.05) is 18.4 Å². The highest BCUT2D eigenvalue weighted by Crippen LogP contribution is 2.39.